The highest BCUT2D eigenvalue weighted by molar-refractivity contribution is 7.86. The molecule has 0 aliphatic carbocycles. The number of hydrogen-bond donors (Lipinski definition) is 0. The molecule has 8 nitrogen and oxygen atoms in total. The molecule has 3 aromatic carbocycles. The van der Waals surface area contributed by atoms with Gasteiger partial charge in [0, 0.05) is 31.3 Å². The van der Waals surface area contributed by atoms with Crippen molar-refractivity contribution in [2.24, 2.45) is 0 Å². The van der Waals surface area contributed by atoms with E-state index in [1.54, 1.807) is 53.4 Å². The molecule has 0 fully saturated rings. The number of rotatable bonds is 11. The molecule has 1 amide bonds. The van der Waals surface area contributed by atoms with Crippen LogP contribution >= 0.6 is 0 Å². The molecule has 0 spiro atoms. The number of methoxy groups -OCH3 is 2. The summed E-state index contributed by atoms with van der Waals surface area (Å²) in [5, 5.41) is 0. The second kappa shape index (κ2) is 12.8. The van der Waals surface area contributed by atoms with Crippen molar-refractivity contribution in [1.29, 1.82) is 0 Å². The Morgan fingerprint density at radius 2 is 1.57 bits per heavy atom. The molecule has 0 aromatic heterocycles. The second-order valence-electron chi connectivity index (χ2n) is 8.16. The predicted octanol–water partition coefficient (Wildman–Crippen LogP) is 4.12. The van der Waals surface area contributed by atoms with Crippen LogP contribution in [0.4, 0.5) is 5.69 Å². The van der Waals surface area contributed by atoms with E-state index in [4.69, 9.17) is 13.7 Å². The van der Waals surface area contributed by atoms with Gasteiger partial charge in [0.25, 0.3) is 5.91 Å². The normalized spacial score (nSPS) is 12.2. The third-order valence-electron chi connectivity index (χ3n) is 5.41. The van der Waals surface area contributed by atoms with Crippen LogP contribution in [0.3, 0.4) is 0 Å². The summed E-state index contributed by atoms with van der Waals surface area (Å²) < 4.78 is 37.3. The quantitative estimate of drug-likeness (QED) is 0.275. The molecule has 37 heavy (non-hydrogen) atoms. The summed E-state index contributed by atoms with van der Waals surface area (Å²) in [7, 11) is -0.831. The number of anilines is 1. The van der Waals surface area contributed by atoms with E-state index in [2.05, 4.69) is 0 Å². The van der Waals surface area contributed by atoms with Gasteiger partial charge in [-0.2, -0.15) is 8.42 Å². The number of benzene rings is 3. The molecule has 194 valence electrons. The number of carbonyl (C=O) groups excluding carboxylic acids is 2. The van der Waals surface area contributed by atoms with Gasteiger partial charge in [0.2, 0.25) is 0 Å². The standard InChI is InChI=1S/C28H29NO7S/c1-34-26(28(31)35-2)20-22-11-15-23(16-12-22)27(30)29(24-9-5-4-6-10-24)19-7-8-21-13-17-25(18-14-21)36-37(3,32)33/h4-18,26H,19-20H2,1-3H3/b8-7+. The number of ether oxygens (including phenoxy) is 2. The minimum atomic E-state index is -3.59. The molecule has 0 N–H and O–H groups in total. The molecule has 3 aromatic rings. The van der Waals surface area contributed by atoms with Crippen molar-refractivity contribution in [3.63, 3.8) is 0 Å². The second-order valence-corrected chi connectivity index (χ2v) is 9.73. The van der Waals surface area contributed by atoms with Gasteiger partial charge in [-0.05, 0) is 47.5 Å². The molecular formula is C28H29NO7S. The SMILES string of the molecule is COC(=O)C(Cc1ccc(C(=O)N(C/C=C/c2ccc(OS(C)(=O)=O)cc2)c2ccccc2)cc1)OC. The van der Waals surface area contributed by atoms with Crippen LogP contribution in [0.15, 0.2) is 84.9 Å². The third kappa shape index (κ3) is 8.30. The number of esters is 1. The Bertz CT molecular complexity index is 1320. The van der Waals surface area contributed by atoms with Crippen molar-refractivity contribution in [1.82, 2.24) is 0 Å². The van der Waals surface area contributed by atoms with Crippen molar-refractivity contribution >= 4 is 33.8 Å². The third-order valence-corrected chi connectivity index (χ3v) is 5.90. The number of para-hydroxylation sites is 1. The Labute approximate surface area is 217 Å². The van der Waals surface area contributed by atoms with Crippen LogP contribution in [0.5, 0.6) is 5.75 Å². The van der Waals surface area contributed by atoms with E-state index in [1.807, 2.05) is 42.5 Å². The summed E-state index contributed by atoms with van der Waals surface area (Å²) in [6.07, 6.45) is 4.29. The molecule has 0 aliphatic rings. The maximum Gasteiger partial charge on any atom is 0.335 e. The summed E-state index contributed by atoms with van der Waals surface area (Å²) in [6, 6.07) is 22.9. The topological polar surface area (TPSA) is 99.2 Å². The molecule has 0 radical (unpaired) electrons. The lowest BCUT2D eigenvalue weighted by Crippen LogP contribution is -2.31. The molecule has 0 heterocycles. The van der Waals surface area contributed by atoms with E-state index in [1.165, 1.54) is 14.2 Å². The minimum Gasteiger partial charge on any atom is -0.467 e. The highest BCUT2D eigenvalue weighted by Gasteiger charge is 2.20. The zero-order valence-electron chi connectivity index (χ0n) is 20.9. The number of nitrogens with zero attached hydrogens (tertiary/aromatic N) is 1. The highest BCUT2D eigenvalue weighted by Crippen LogP contribution is 2.19. The van der Waals surface area contributed by atoms with E-state index >= 15 is 0 Å². The van der Waals surface area contributed by atoms with E-state index in [9.17, 15) is 18.0 Å². The Hall–Kier alpha value is -3.95. The van der Waals surface area contributed by atoms with Gasteiger partial charge in [-0.15, -0.1) is 0 Å². The van der Waals surface area contributed by atoms with Crippen LogP contribution < -0.4 is 9.08 Å². The number of hydrogen-bond acceptors (Lipinski definition) is 7. The maximum atomic E-state index is 13.4. The van der Waals surface area contributed by atoms with Crippen LogP contribution in [0.25, 0.3) is 6.08 Å². The Balaban J connectivity index is 1.74. The van der Waals surface area contributed by atoms with Crippen LogP contribution in [-0.2, 0) is 30.8 Å². The molecule has 0 saturated heterocycles. The van der Waals surface area contributed by atoms with Gasteiger partial charge in [0.05, 0.1) is 13.4 Å². The molecule has 1 unspecified atom stereocenters. The van der Waals surface area contributed by atoms with Gasteiger partial charge in [-0.1, -0.05) is 54.6 Å². The fourth-order valence-corrected chi connectivity index (χ4v) is 4.03. The van der Waals surface area contributed by atoms with Gasteiger partial charge in [-0.25, -0.2) is 4.79 Å². The largest absolute Gasteiger partial charge is 0.467 e. The Morgan fingerprint density at radius 1 is 0.919 bits per heavy atom. The smallest absolute Gasteiger partial charge is 0.335 e. The summed E-state index contributed by atoms with van der Waals surface area (Å²) in [4.78, 5) is 26.9. The molecule has 0 aliphatic heterocycles. The summed E-state index contributed by atoms with van der Waals surface area (Å²) >= 11 is 0. The Kier molecular flexibility index (Phi) is 9.59. The van der Waals surface area contributed by atoms with Crippen molar-refractivity contribution in [2.45, 2.75) is 12.5 Å². The van der Waals surface area contributed by atoms with Crippen LogP contribution in [0.1, 0.15) is 21.5 Å². The molecule has 0 saturated carbocycles. The van der Waals surface area contributed by atoms with Crippen molar-refractivity contribution in [2.75, 3.05) is 31.9 Å². The van der Waals surface area contributed by atoms with Gasteiger partial charge in [0.1, 0.15) is 5.75 Å². The van der Waals surface area contributed by atoms with Crippen molar-refractivity contribution in [3.8, 4) is 5.75 Å². The molecule has 9 heteroatoms. The molecule has 0 bridgehead atoms. The monoisotopic (exact) mass is 523 g/mol. The van der Waals surface area contributed by atoms with Gasteiger partial charge in [-0.3, -0.25) is 4.79 Å². The van der Waals surface area contributed by atoms with E-state index in [-0.39, 0.29) is 11.7 Å². The summed E-state index contributed by atoms with van der Waals surface area (Å²) in [5.74, 6) is -0.412. The van der Waals surface area contributed by atoms with Crippen LogP contribution in [0.2, 0.25) is 0 Å². The first-order valence-corrected chi connectivity index (χ1v) is 13.2. The van der Waals surface area contributed by atoms with E-state index < -0.39 is 22.2 Å². The van der Waals surface area contributed by atoms with Gasteiger partial charge >= 0.3 is 16.1 Å². The summed E-state index contributed by atoms with van der Waals surface area (Å²) in [6.45, 7) is 0.306. The van der Waals surface area contributed by atoms with Gasteiger partial charge < -0.3 is 18.6 Å². The number of amides is 1. The predicted molar refractivity (Wildman–Crippen MR) is 142 cm³/mol. The van der Waals surface area contributed by atoms with Crippen molar-refractivity contribution < 1.29 is 31.7 Å². The zero-order valence-corrected chi connectivity index (χ0v) is 21.7. The average Bonchev–Trinajstić information content (AvgIpc) is 2.90. The lowest BCUT2D eigenvalue weighted by molar-refractivity contribution is -0.152. The fourth-order valence-electron chi connectivity index (χ4n) is 3.56. The van der Waals surface area contributed by atoms with Crippen LogP contribution in [-0.4, -0.2) is 53.4 Å². The lowest BCUT2D eigenvalue weighted by Gasteiger charge is -2.22. The first kappa shape index (κ1) is 27.6. The fraction of sp³-hybridized carbons (Fsp3) is 0.214. The highest BCUT2D eigenvalue weighted by atomic mass is 32.2. The number of carbonyl (C=O) groups is 2. The lowest BCUT2D eigenvalue weighted by atomic mass is 10.0. The zero-order chi connectivity index (χ0) is 26.8. The van der Waals surface area contributed by atoms with E-state index in [0.717, 1.165) is 23.1 Å². The first-order valence-electron chi connectivity index (χ1n) is 11.4. The van der Waals surface area contributed by atoms with Crippen LogP contribution in [0, 0.1) is 0 Å². The average molecular weight is 524 g/mol. The maximum absolute atomic E-state index is 13.4. The van der Waals surface area contributed by atoms with E-state index in [0.29, 0.717) is 18.5 Å². The first-order chi connectivity index (χ1) is 17.7. The molecular weight excluding hydrogens is 494 g/mol. The van der Waals surface area contributed by atoms with Crippen molar-refractivity contribution in [3.05, 3.63) is 102 Å². The summed E-state index contributed by atoms with van der Waals surface area (Å²) in [5.41, 5.74) is 2.89. The minimum absolute atomic E-state index is 0.185. The molecule has 1 atom stereocenters. The molecule has 3 rings (SSSR count). The van der Waals surface area contributed by atoms with Gasteiger partial charge in [0.15, 0.2) is 6.10 Å². The Morgan fingerprint density at radius 3 is 2.14 bits per heavy atom.